The zero-order chi connectivity index (χ0) is 15.6. The van der Waals surface area contributed by atoms with E-state index in [1.165, 1.54) is 6.92 Å². The SMILES string of the molecule is CNc1ccc(Cl)cc1/C(C)=N\n1c(=O)[nH]nc(C)c1=O. The molecule has 0 aliphatic rings. The first kappa shape index (κ1) is 15.0. The first-order valence-electron chi connectivity index (χ1n) is 6.15. The normalized spacial score (nSPS) is 11.5. The third-order valence-electron chi connectivity index (χ3n) is 2.90. The Kier molecular flexibility index (Phi) is 4.23. The summed E-state index contributed by atoms with van der Waals surface area (Å²) in [6.07, 6.45) is 0. The Hall–Kier alpha value is -2.41. The van der Waals surface area contributed by atoms with E-state index >= 15 is 0 Å². The number of nitrogens with zero attached hydrogens (tertiary/aromatic N) is 3. The molecule has 0 amide bonds. The summed E-state index contributed by atoms with van der Waals surface area (Å²) >= 11 is 5.98. The molecular weight excluding hydrogens is 294 g/mol. The zero-order valence-corrected chi connectivity index (χ0v) is 12.5. The molecule has 0 aliphatic carbocycles. The quantitative estimate of drug-likeness (QED) is 0.834. The van der Waals surface area contributed by atoms with Gasteiger partial charge in [-0.2, -0.15) is 10.2 Å². The molecule has 0 saturated heterocycles. The van der Waals surface area contributed by atoms with Crippen molar-refractivity contribution in [2.24, 2.45) is 5.10 Å². The molecule has 0 spiro atoms. The number of aromatic nitrogens is 3. The molecule has 1 heterocycles. The molecule has 0 unspecified atom stereocenters. The van der Waals surface area contributed by atoms with Gasteiger partial charge >= 0.3 is 5.69 Å². The van der Waals surface area contributed by atoms with Crippen LogP contribution in [0.1, 0.15) is 18.2 Å². The minimum Gasteiger partial charge on any atom is -0.388 e. The summed E-state index contributed by atoms with van der Waals surface area (Å²) < 4.78 is 0.748. The molecule has 0 fully saturated rings. The van der Waals surface area contributed by atoms with Gasteiger partial charge in [-0.25, -0.2) is 9.89 Å². The van der Waals surface area contributed by atoms with Crippen molar-refractivity contribution in [2.45, 2.75) is 13.8 Å². The number of benzene rings is 1. The van der Waals surface area contributed by atoms with Crippen molar-refractivity contribution in [3.8, 4) is 0 Å². The standard InChI is InChI=1S/C13H14ClN5O2/c1-7(10-6-9(14)4-5-11(10)15-3)18-19-12(20)8(2)16-17-13(19)21/h4-6,15H,1-3H3,(H,17,21)/b18-7-. The van der Waals surface area contributed by atoms with Crippen LogP contribution in [0, 0.1) is 6.92 Å². The van der Waals surface area contributed by atoms with Crippen LogP contribution in [0.4, 0.5) is 5.69 Å². The minimum absolute atomic E-state index is 0.158. The molecule has 0 radical (unpaired) electrons. The molecule has 2 aromatic rings. The van der Waals surface area contributed by atoms with Crippen molar-refractivity contribution in [2.75, 3.05) is 12.4 Å². The summed E-state index contributed by atoms with van der Waals surface area (Å²) in [4.78, 5) is 23.6. The lowest BCUT2D eigenvalue weighted by Gasteiger charge is -2.09. The molecule has 0 atom stereocenters. The number of hydrogen-bond donors (Lipinski definition) is 2. The van der Waals surface area contributed by atoms with Crippen LogP contribution in [-0.2, 0) is 0 Å². The number of aromatic amines is 1. The molecule has 21 heavy (non-hydrogen) atoms. The van der Waals surface area contributed by atoms with E-state index < -0.39 is 11.2 Å². The number of nitrogens with one attached hydrogen (secondary N) is 2. The van der Waals surface area contributed by atoms with E-state index in [1.807, 2.05) is 0 Å². The summed E-state index contributed by atoms with van der Waals surface area (Å²) in [6.45, 7) is 3.19. The van der Waals surface area contributed by atoms with Crippen molar-refractivity contribution in [3.63, 3.8) is 0 Å². The van der Waals surface area contributed by atoms with E-state index in [1.54, 1.807) is 32.2 Å². The van der Waals surface area contributed by atoms with Crippen LogP contribution in [-0.4, -0.2) is 27.6 Å². The van der Waals surface area contributed by atoms with Gasteiger partial charge < -0.3 is 5.32 Å². The van der Waals surface area contributed by atoms with E-state index in [9.17, 15) is 9.59 Å². The van der Waals surface area contributed by atoms with Crippen molar-refractivity contribution >= 4 is 23.0 Å². The smallest absolute Gasteiger partial charge is 0.365 e. The molecule has 0 aliphatic heterocycles. The molecule has 7 nitrogen and oxygen atoms in total. The van der Waals surface area contributed by atoms with Crippen LogP contribution in [0.15, 0.2) is 32.9 Å². The third-order valence-corrected chi connectivity index (χ3v) is 3.14. The highest BCUT2D eigenvalue weighted by atomic mass is 35.5. The Bertz CT molecular complexity index is 822. The summed E-state index contributed by atoms with van der Waals surface area (Å²) in [6, 6.07) is 5.24. The predicted octanol–water partition coefficient (Wildman–Crippen LogP) is 1.21. The Balaban J connectivity index is 2.63. The van der Waals surface area contributed by atoms with Gasteiger partial charge in [0, 0.05) is 23.3 Å². The van der Waals surface area contributed by atoms with Crippen LogP contribution < -0.4 is 16.6 Å². The van der Waals surface area contributed by atoms with Gasteiger partial charge in [0.25, 0.3) is 5.56 Å². The highest BCUT2D eigenvalue weighted by Gasteiger charge is 2.09. The molecule has 1 aromatic carbocycles. The topological polar surface area (TPSA) is 92.1 Å². The van der Waals surface area contributed by atoms with E-state index in [-0.39, 0.29) is 5.69 Å². The number of anilines is 1. The molecule has 1 aromatic heterocycles. The molecule has 8 heteroatoms. The van der Waals surface area contributed by atoms with E-state index in [0.29, 0.717) is 16.3 Å². The summed E-state index contributed by atoms with van der Waals surface area (Å²) in [5, 5.41) is 13.4. The fourth-order valence-corrected chi connectivity index (χ4v) is 1.97. The van der Waals surface area contributed by atoms with Crippen molar-refractivity contribution in [1.29, 1.82) is 0 Å². The molecule has 2 rings (SSSR count). The second kappa shape index (κ2) is 5.92. The Morgan fingerprint density at radius 3 is 2.81 bits per heavy atom. The third kappa shape index (κ3) is 3.03. The van der Waals surface area contributed by atoms with Crippen LogP contribution in [0.2, 0.25) is 5.02 Å². The highest BCUT2D eigenvalue weighted by molar-refractivity contribution is 6.31. The second-order valence-corrected chi connectivity index (χ2v) is 4.79. The van der Waals surface area contributed by atoms with Gasteiger partial charge in [-0.05, 0) is 32.0 Å². The van der Waals surface area contributed by atoms with Crippen LogP contribution in [0.5, 0.6) is 0 Å². The average molecular weight is 308 g/mol. The largest absolute Gasteiger partial charge is 0.388 e. The maximum absolute atomic E-state index is 11.9. The zero-order valence-electron chi connectivity index (χ0n) is 11.8. The first-order chi connectivity index (χ1) is 9.93. The minimum atomic E-state index is -0.696. The summed E-state index contributed by atoms with van der Waals surface area (Å²) in [5.74, 6) is 0. The number of halogens is 1. The summed E-state index contributed by atoms with van der Waals surface area (Å²) in [7, 11) is 1.76. The number of aryl methyl sites for hydroxylation is 1. The van der Waals surface area contributed by atoms with Crippen molar-refractivity contribution < 1.29 is 0 Å². The Labute approximate surface area is 125 Å². The Morgan fingerprint density at radius 1 is 1.43 bits per heavy atom. The first-order valence-corrected chi connectivity index (χ1v) is 6.53. The Morgan fingerprint density at radius 2 is 2.14 bits per heavy atom. The fourth-order valence-electron chi connectivity index (χ4n) is 1.80. The monoisotopic (exact) mass is 307 g/mol. The maximum Gasteiger partial charge on any atom is 0.365 e. The van der Waals surface area contributed by atoms with Crippen LogP contribution in [0.25, 0.3) is 0 Å². The average Bonchev–Trinajstić information content (AvgIpc) is 2.47. The van der Waals surface area contributed by atoms with Crippen LogP contribution >= 0.6 is 11.6 Å². The highest BCUT2D eigenvalue weighted by Crippen LogP contribution is 2.21. The molecule has 2 N–H and O–H groups in total. The fraction of sp³-hybridized carbons (Fsp3) is 0.231. The van der Waals surface area contributed by atoms with E-state index in [0.717, 1.165) is 10.4 Å². The van der Waals surface area contributed by atoms with Gasteiger partial charge in [0.05, 0.1) is 5.71 Å². The number of H-pyrrole nitrogens is 1. The van der Waals surface area contributed by atoms with Crippen molar-refractivity contribution in [1.82, 2.24) is 14.9 Å². The number of rotatable bonds is 3. The van der Waals surface area contributed by atoms with Gasteiger partial charge in [-0.3, -0.25) is 4.79 Å². The molecule has 0 bridgehead atoms. The maximum atomic E-state index is 11.9. The van der Waals surface area contributed by atoms with E-state index in [4.69, 9.17) is 11.6 Å². The van der Waals surface area contributed by atoms with Crippen LogP contribution in [0.3, 0.4) is 0 Å². The van der Waals surface area contributed by atoms with Gasteiger partial charge in [0.15, 0.2) is 0 Å². The molecule has 110 valence electrons. The molecule has 0 saturated carbocycles. The van der Waals surface area contributed by atoms with E-state index in [2.05, 4.69) is 20.6 Å². The second-order valence-electron chi connectivity index (χ2n) is 4.36. The van der Waals surface area contributed by atoms with Gasteiger partial charge in [0.1, 0.15) is 5.69 Å². The van der Waals surface area contributed by atoms with Gasteiger partial charge in [-0.1, -0.05) is 11.6 Å². The number of hydrogen-bond acceptors (Lipinski definition) is 5. The van der Waals surface area contributed by atoms with Gasteiger partial charge in [0.2, 0.25) is 0 Å². The lowest BCUT2D eigenvalue weighted by atomic mass is 10.1. The summed E-state index contributed by atoms with van der Waals surface area (Å²) in [5.41, 5.74) is 0.858. The van der Waals surface area contributed by atoms with Crippen molar-refractivity contribution in [3.05, 3.63) is 55.3 Å². The lowest BCUT2D eigenvalue weighted by Crippen LogP contribution is -2.35. The molecular formula is C13H14ClN5O2. The predicted molar refractivity (Wildman–Crippen MR) is 82.5 cm³/mol. The van der Waals surface area contributed by atoms with Gasteiger partial charge in [-0.15, -0.1) is 4.68 Å². The lowest BCUT2D eigenvalue weighted by molar-refractivity contribution is 0.691.